The summed E-state index contributed by atoms with van der Waals surface area (Å²) in [5.41, 5.74) is 5.13. The van der Waals surface area contributed by atoms with Crippen molar-refractivity contribution in [3.8, 4) is 17.0 Å². The number of fused-ring (bicyclic) bond motifs is 3. The van der Waals surface area contributed by atoms with E-state index in [0.29, 0.717) is 5.82 Å². The van der Waals surface area contributed by atoms with Gasteiger partial charge in [-0.3, -0.25) is 4.79 Å². The number of aromatic nitrogens is 2. The average molecular weight is 353 g/mol. The first kappa shape index (κ1) is 18.4. The van der Waals surface area contributed by atoms with Crippen molar-refractivity contribution in [3.63, 3.8) is 0 Å². The molecule has 2 aromatic rings. The summed E-state index contributed by atoms with van der Waals surface area (Å²) in [5, 5.41) is 3.01. The average Bonchev–Trinajstić information content (AvgIpc) is 2.67. The third-order valence-corrected chi connectivity index (χ3v) is 5.03. The van der Waals surface area contributed by atoms with Crippen molar-refractivity contribution < 1.29 is 9.53 Å². The predicted molar refractivity (Wildman–Crippen MR) is 104 cm³/mol. The predicted octanol–water partition coefficient (Wildman–Crippen LogP) is 4.19. The summed E-state index contributed by atoms with van der Waals surface area (Å²) in [6.45, 7) is 6.06. The number of rotatable bonds is 6. The Morgan fingerprint density at radius 2 is 2.08 bits per heavy atom. The maximum absolute atomic E-state index is 12.3. The molecular weight excluding hydrogens is 326 g/mol. The Morgan fingerprint density at radius 3 is 2.77 bits per heavy atom. The molecule has 0 fully saturated rings. The smallest absolute Gasteiger partial charge is 0.228 e. The molecule has 0 radical (unpaired) electrons. The van der Waals surface area contributed by atoms with Crippen LogP contribution in [0.4, 0.5) is 5.82 Å². The van der Waals surface area contributed by atoms with Crippen LogP contribution in [0, 0.1) is 5.92 Å². The van der Waals surface area contributed by atoms with Crippen molar-refractivity contribution >= 4 is 11.7 Å². The first-order valence-corrected chi connectivity index (χ1v) is 9.45. The van der Waals surface area contributed by atoms with Crippen molar-refractivity contribution in [2.75, 3.05) is 12.4 Å². The lowest BCUT2D eigenvalue weighted by atomic mass is 9.91. The van der Waals surface area contributed by atoms with Crippen LogP contribution in [-0.4, -0.2) is 23.0 Å². The number of carbonyl (C=O) groups excluding carboxylic acids is 1. The molecule has 0 saturated carbocycles. The van der Waals surface area contributed by atoms with Crippen molar-refractivity contribution in [2.45, 2.75) is 52.9 Å². The number of carbonyl (C=O) groups is 1. The second-order valence-corrected chi connectivity index (χ2v) is 6.89. The zero-order chi connectivity index (χ0) is 18.7. The number of hydrogen-bond acceptors (Lipinski definition) is 4. The molecule has 1 amide bonds. The van der Waals surface area contributed by atoms with E-state index in [1.807, 2.05) is 19.9 Å². The van der Waals surface area contributed by atoms with Crippen molar-refractivity contribution in [1.82, 2.24) is 9.97 Å². The van der Waals surface area contributed by atoms with E-state index in [-0.39, 0.29) is 11.8 Å². The number of aryl methyl sites for hydroxylation is 3. The van der Waals surface area contributed by atoms with E-state index < -0.39 is 0 Å². The normalized spacial score (nSPS) is 13.5. The molecule has 5 nitrogen and oxygen atoms in total. The summed E-state index contributed by atoms with van der Waals surface area (Å²) >= 11 is 0. The van der Waals surface area contributed by atoms with Gasteiger partial charge in [0.1, 0.15) is 5.75 Å². The third-order valence-electron chi connectivity index (χ3n) is 5.03. The van der Waals surface area contributed by atoms with Crippen LogP contribution in [0.1, 0.15) is 50.6 Å². The highest BCUT2D eigenvalue weighted by Gasteiger charge is 2.23. The molecule has 0 aliphatic heterocycles. The van der Waals surface area contributed by atoms with Crippen molar-refractivity contribution in [3.05, 3.63) is 35.2 Å². The van der Waals surface area contributed by atoms with Crippen LogP contribution in [0.3, 0.4) is 0 Å². The SMILES string of the molecule is CCCc1nc2c(nc1NC(=O)C(C)CC)CCc1cc(OC)ccc1-2. The van der Waals surface area contributed by atoms with Crippen molar-refractivity contribution in [1.29, 1.82) is 0 Å². The summed E-state index contributed by atoms with van der Waals surface area (Å²) in [4.78, 5) is 22.1. The van der Waals surface area contributed by atoms with E-state index in [0.717, 1.165) is 60.5 Å². The Bertz CT molecular complexity index is 817. The molecule has 1 N–H and O–H groups in total. The maximum Gasteiger partial charge on any atom is 0.228 e. The lowest BCUT2D eigenvalue weighted by molar-refractivity contribution is -0.119. The zero-order valence-corrected chi connectivity index (χ0v) is 16.1. The number of methoxy groups -OCH3 is 1. The summed E-state index contributed by atoms with van der Waals surface area (Å²) in [5.74, 6) is 1.48. The van der Waals surface area contributed by atoms with E-state index in [2.05, 4.69) is 24.4 Å². The molecule has 0 saturated heterocycles. The Kier molecular flexibility index (Phi) is 5.55. The quantitative estimate of drug-likeness (QED) is 0.846. The maximum atomic E-state index is 12.3. The largest absolute Gasteiger partial charge is 0.497 e. The van der Waals surface area contributed by atoms with Gasteiger partial charge in [0.05, 0.1) is 24.2 Å². The van der Waals surface area contributed by atoms with Gasteiger partial charge < -0.3 is 10.1 Å². The fraction of sp³-hybridized carbons (Fsp3) is 0.476. The van der Waals surface area contributed by atoms with E-state index in [1.54, 1.807) is 7.11 Å². The minimum atomic E-state index is -0.0319. The second-order valence-electron chi connectivity index (χ2n) is 6.89. The molecule has 26 heavy (non-hydrogen) atoms. The number of anilines is 1. The van der Waals surface area contributed by atoms with Crippen LogP contribution in [-0.2, 0) is 24.1 Å². The van der Waals surface area contributed by atoms with Gasteiger partial charge in [0, 0.05) is 11.5 Å². The number of hydrogen-bond donors (Lipinski definition) is 1. The molecule has 1 aromatic heterocycles. The van der Waals surface area contributed by atoms with Crippen LogP contribution >= 0.6 is 0 Å². The highest BCUT2D eigenvalue weighted by Crippen LogP contribution is 2.35. The minimum absolute atomic E-state index is 0.0139. The highest BCUT2D eigenvalue weighted by atomic mass is 16.5. The Balaban J connectivity index is 2.02. The molecule has 1 aliphatic carbocycles. The standard InChI is InChI=1S/C21H27N3O2/c1-5-7-18-20(24-21(25)13(3)6-2)23-17-11-8-14-12-15(26-4)9-10-16(14)19(17)22-18/h9-10,12-13H,5-8,11H2,1-4H3,(H,23,24,25). The number of amides is 1. The van der Waals surface area contributed by atoms with Gasteiger partial charge in [0.15, 0.2) is 5.82 Å². The molecule has 1 aromatic carbocycles. The molecule has 3 rings (SSSR count). The second kappa shape index (κ2) is 7.85. The van der Waals surface area contributed by atoms with Crippen LogP contribution in [0.2, 0.25) is 0 Å². The van der Waals surface area contributed by atoms with Gasteiger partial charge in [-0.15, -0.1) is 0 Å². The lowest BCUT2D eigenvalue weighted by Crippen LogP contribution is -2.23. The fourth-order valence-electron chi connectivity index (χ4n) is 3.22. The first-order chi connectivity index (χ1) is 12.6. The van der Waals surface area contributed by atoms with Gasteiger partial charge >= 0.3 is 0 Å². The number of nitrogens with zero attached hydrogens (tertiary/aromatic N) is 2. The zero-order valence-electron chi connectivity index (χ0n) is 16.1. The van der Waals surface area contributed by atoms with Crippen LogP contribution < -0.4 is 10.1 Å². The van der Waals surface area contributed by atoms with Gasteiger partial charge in [-0.25, -0.2) is 9.97 Å². The van der Waals surface area contributed by atoms with Gasteiger partial charge in [-0.1, -0.05) is 27.2 Å². The van der Waals surface area contributed by atoms with E-state index in [4.69, 9.17) is 14.7 Å². The van der Waals surface area contributed by atoms with Gasteiger partial charge in [-0.05, 0) is 49.4 Å². The van der Waals surface area contributed by atoms with Crippen LogP contribution in [0.5, 0.6) is 5.75 Å². The van der Waals surface area contributed by atoms with Crippen molar-refractivity contribution in [2.24, 2.45) is 5.92 Å². The van der Waals surface area contributed by atoms with Gasteiger partial charge in [-0.2, -0.15) is 0 Å². The summed E-state index contributed by atoms with van der Waals surface area (Å²) in [6.07, 6.45) is 4.28. The molecule has 138 valence electrons. The van der Waals surface area contributed by atoms with Crippen LogP contribution in [0.25, 0.3) is 11.3 Å². The number of ether oxygens (including phenoxy) is 1. The van der Waals surface area contributed by atoms with Gasteiger partial charge in [0.2, 0.25) is 5.91 Å². The monoisotopic (exact) mass is 353 g/mol. The molecule has 0 bridgehead atoms. The van der Waals surface area contributed by atoms with E-state index in [9.17, 15) is 4.79 Å². The van der Waals surface area contributed by atoms with Crippen LogP contribution in [0.15, 0.2) is 18.2 Å². The minimum Gasteiger partial charge on any atom is -0.497 e. The molecular formula is C21H27N3O2. The molecule has 1 atom stereocenters. The Morgan fingerprint density at radius 1 is 1.27 bits per heavy atom. The summed E-state index contributed by atoms with van der Waals surface area (Å²) in [6, 6.07) is 6.11. The number of nitrogens with one attached hydrogen (secondary N) is 1. The first-order valence-electron chi connectivity index (χ1n) is 9.45. The fourth-order valence-corrected chi connectivity index (χ4v) is 3.22. The topological polar surface area (TPSA) is 64.1 Å². The lowest BCUT2D eigenvalue weighted by Gasteiger charge is -2.21. The summed E-state index contributed by atoms with van der Waals surface area (Å²) < 4.78 is 5.34. The van der Waals surface area contributed by atoms with Gasteiger partial charge in [0.25, 0.3) is 0 Å². The Hall–Kier alpha value is -2.43. The molecule has 1 heterocycles. The molecule has 5 heteroatoms. The molecule has 1 aliphatic rings. The number of benzene rings is 1. The third kappa shape index (κ3) is 3.57. The summed E-state index contributed by atoms with van der Waals surface area (Å²) in [7, 11) is 1.68. The highest BCUT2D eigenvalue weighted by molar-refractivity contribution is 5.92. The Labute approximate surface area is 155 Å². The van der Waals surface area contributed by atoms with E-state index in [1.165, 1.54) is 5.56 Å². The molecule has 1 unspecified atom stereocenters. The van der Waals surface area contributed by atoms with E-state index >= 15 is 0 Å². The molecule has 0 spiro atoms.